The second-order valence-corrected chi connectivity index (χ2v) is 11.6. The molecule has 0 aliphatic carbocycles. The molecule has 0 aromatic heterocycles. The van der Waals surface area contributed by atoms with E-state index in [1.807, 2.05) is 0 Å². The fourth-order valence-electron chi connectivity index (χ4n) is 3.70. The highest BCUT2D eigenvalue weighted by Crippen LogP contribution is 2.22. The van der Waals surface area contributed by atoms with E-state index in [4.69, 9.17) is 13.3 Å². The predicted molar refractivity (Wildman–Crippen MR) is 101 cm³/mol. The van der Waals surface area contributed by atoms with E-state index < -0.39 is 18.9 Å². The van der Waals surface area contributed by atoms with E-state index in [9.17, 15) is 13.0 Å². The van der Waals surface area contributed by atoms with Gasteiger partial charge in [-0.1, -0.05) is 0 Å². The van der Waals surface area contributed by atoms with Crippen LogP contribution < -0.4 is 0 Å². The number of unbranched alkanes of at least 4 members (excludes halogenated alkanes) is 1. The average molecular weight is 422 g/mol. The Hall–Kier alpha value is -0.563. The molecule has 0 N–H and O–H groups in total. The predicted octanol–water partition coefficient (Wildman–Crippen LogP) is -0.624. The Morgan fingerprint density at radius 1 is 1.00 bits per heavy atom. The van der Waals surface area contributed by atoms with Crippen LogP contribution in [-0.4, -0.2) is 114 Å². The third-order valence-electron chi connectivity index (χ3n) is 5.21. The number of nitrogens with zero attached hydrogens (tertiary/aromatic N) is 3. The summed E-state index contributed by atoms with van der Waals surface area (Å²) in [5.41, 5.74) is 0. The van der Waals surface area contributed by atoms with Crippen LogP contribution in [0.25, 0.3) is 0 Å². The van der Waals surface area contributed by atoms with Gasteiger partial charge in [0.05, 0.1) is 43.0 Å². The van der Waals surface area contributed by atoms with Crippen LogP contribution >= 0.6 is 0 Å². The fraction of sp³-hybridized carbons (Fsp3) is 0.938. The van der Waals surface area contributed by atoms with Gasteiger partial charge in [-0.15, -0.1) is 0 Å². The molecule has 156 valence electrons. The third-order valence-corrected chi connectivity index (χ3v) is 8.89. The van der Waals surface area contributed by atoms with Crippen molar-refractivity contribution in [1.29, 1.82) is 0 Å². The van der Waals surface area contributed by atoms with E-state index in [-0.39, 0.29) is 5.75 Å². The highest BCUT2D eigenvalue weighted by atomic mass is 32.2. The Kier molecular flexibility index (Phi) is 7.65. The lowest BCUT2D eigenvalue weighted by Crippen LogP contribution is -2.55. The Morgan fingerprint density at radius 2 is 1.67 bits per heavy atom. The van der Waals surface area contributed by atoms with Crippen molar-refractivity contribution in [2.24, 2.45) is 0 Å². The van der Waals surface area contributed by atoms with Crippen molar-refractivity contribution in [2.45, 2.75) is 25.3 Å². The van der Waals surface area contributed by atoms with Crippen LogP contribution in [0.15, 0.2) is 0 Å². The molecule has 3 saturated heterocycles. The average Bonchev–Trinajstić information content (AvgIpc) is 2.99. The molecule has 0 saturated carbocycles. The summed E-state index contributed by atoms with van der Waals surface area (Å²) in [6.07, 6.45) is 4.22. The largest absolute Gasteiger partial charge is 0.748 e. The van der Waals surface area contributed by atoms with Crippen LogP contribution in [0.1, 0.15) is 19.3 Å². The first kappa shape index (κ1) is 21.2. The number of hydrogen-bond acceptors (Lipinski definition) is 8. The van der Waals surface area contributed by atoms with E-state index in [0.29, 0.717) is 32.7 Å². The summed E-state index contributed by atoms with van der Waals surface area (Å²) in [5, 5.41) is 0. The molecular weight excluding hydrogens is 390 g/mol. The van der Waals surface area contributed by atoms with E-state index in [0.717, 1.165) is 58.3 Å². The van der Waals surface area contributed by atoms with Crippen molar-refractivity contribution < 1.29 is 30.8 Å². The zero-order chi connectivity index (χ0) is 19.2. The van der Waals surface area contributed by atoms with Gasteiger partial charge in [0.1, 0.15) is 13.1 Å². The molecule has 11 heteroatoms. The van der Waals surface area contributed by atoms with Gasteiger partial charge in [0.15, 0.2) is 0 Å². The van der Waals surface area contributed by atoms with Crippen LogP contribution in [0, 0.1) is 0 Å². The van der Waals surface area contributed by atoms with Crippen LogP contribution in [0.2, 0.25) is 6.04 Å². The minimum atomic E-state index is -4.09. The van der Waals surface area contributed by atoms with Crippen molar-refractivity contribution in [3.63, 3.8) is 0 Å². The van der Waals surface area contributed by atoms with Gasteiger partial charge in [0.25, 0.3) is 0 Å². The highest BCUT2D eigenvalue weighted by molar-refractivity contribution is 7.85. The van der Waals surface area contributed by atoms with Crippen LogP contribution in [0.4, 0.5) is 0 Å². The summed E-state index contributed by atoms with van der Waals surface area (Å²) < 4.78 is 52.3. The van der Waals surface area contributed by atoms with Gasteiger partial charge in [0.2, 0.25) is 6.34 Å². The molecule has 0 radical (unpaired) electrons. The molecule has 4 aliphatic heterocycles. The number of hydrogen-bond donors (Lipinski definition) is 0. The van der Waals surface area contributed by atoms with E-state index in [1.165, 1.54) is 0 Å². The van der Waals surface area contributed by atoms with Gasteiger partial charge in [-0.25, -0.2) is 8.42 Å². The first-order valence-corrected chi connectivity index (χ1v) is 13.4. The van der Waals surface area contributed by atoms with Crippen LogP contribution in [0.3, 0.4) is 0 Å². The maximum atomic E-state index is 10.6. The number of rotatable bonds is 9. The zero-order valence-electron chi connectivity index (χ0n) is 15.9. The van der Waals surface area contributed by atoms with Crippen molar-refractivity contribution in [3.05, 3.63) is 0 Å². The smallest absolute Gasteiger partial charge is 0.501 e. The Balaban J connectivity index is 1.38. The quantitative estimate of drug-likeness (QED) is 0.210. The first-order valence-electron chi connectivity index (χ1n) is 9.85. The molecular formula is C16H31N3O6SSi. The van der Waals surface area contributed by atoms with Crippen molar-refractivity contribution in [1.82, 2.24) is 9.80 Å². The van der Waals surface area contributed by atoms with Gasteiger partial charge in [-0.05, 0) is 19.3 Å². The second-order valence-electron chi connectivity index (χ2n) is 7.33. The van der Waals surface area contributed by atoms with Gasteiger partial charge < -0.3 is 17.8 Å². The molecule has 3 fully saturated rings. The Bertz CT molecular complexity index is 591. The van der Waals surface area contributed by atoms with Crippen LogP contribution in [-0.2, 0) is 23.4 Å². The maximum absolute atomic E-state index is 10.6. The van der Waals surface area contributed by atoms with Gasteiger partial charge in [0, 0.05) is 31.4 Å². The summed E-state index contributed by atoms with van der Waals surface area (Å²) in [6, 6.07) is 0.846. The van der Waals surface area contributed by atoms with Crippen LogP contribution in [0.5, 0.6) is 0 Å². The molecule has 4 heterocycles. The first-order chi connectivity index (χ1) is 12.9. The van der Waals surface area contributed by atoms with E-state index in [1.54, 1.807) is 0 Å². The SMILES string of the molecule is O=S(=O)([O-])CCCCN1C=[N+](CCC[Si]23OCCN(CCO2)CCO3)CC1. The molecule has 2 bridgehead atoms. The number of fused-ring (bicyclic) bond motifs is 6. The molecule has 27 heavy (non-hydrogen) atoms. The molecule has 4 aliphatic rings. The summed E-state index contributed by atoms with van der Waals surface area (Å²) in [4.78, 5) is 4.51. The standard InChI is InChI=1S/C16H31N3O6SSi/c20-26(21,22)14-2-1-4-18-6-7-19(16-18)5-3-15-27-23-11-8-17(9-12-24-27)10-13-25-27/h16H,1-15H2. The van der Waals surface area contributed by atoms with Gasteiger partial charge >= 0.3 is 8.80 Å². The molecule has 0 unspecified atom stereocenters. The van der Waals surface area contributed by atoms with Crippen molar-refractivity contribution in [3.8, 4) is 0 Å². The normalized spacial score (nSPS) is 29.3. The molecule has 9 nitrogen and oxygen atoms in total. The van der Waals surface area contributed by atoms with E-state index >= 15 is 0 Å². The third kappa shape index (κ3) is 7.08. The minimum Gasteiger partial charge on any atom is -0.748 e. The molecule has 0 spiro atoms. The van der Waals surface area contributed by atoms with Gasteiger partial charge in [-0.3, -0.25) is 14.4 Å². The fourth-order valence-corrected chi connectivity index (χ4v) is 6.74. The topological polar surface area (TPSA) is 94.4 Å². The summed E-state index contributed by atoms with van der Waals surface area (Å²) in [6.45, 7) is 8.58. The van der Waals surface area contributed by atoms with E-state index in [2.05, 4.69) is 20.7 Å². The highest BCUT2D eigenvalue weighted by Gasteiger charge is 2.43. The lowest BCUT2D eigenvalue weighted by molar-refractivity contribution is -0.513. The van der Waals surface area contributed by atoms with Crippen molar-refractivity contribution in [2.75, 3.05) is 71.4 Å². The van der Waals surface area contributed by atoms with Crippen molar-refractivity contribution >= 4 is 25.3 Å². The molecule has 0 atom stereocenters. The monoisotopic (exact) mass is 421 g/mol. The lowest BCUT2D eigenvalue weighted by atomic mass is 10.3. The summed E-state index contributed by atoms with van der Waals surface area (Å²) in [5.74, 6) is -0.269. The molecule has 0 amide bonds. The maximum Gasteiger partial charge on any atom is 0.501 e. The van der Waals surface area contributed by atoms with Gasteiger partial charge in [-0.2, -0.15) is 0 Å². The summed E-state index contributed by atoms with van der Waals surface area (Å²) in [7, 11) is -6.62. The zero-order valence-corrected chi connectivity index (χ0v) is 17.7. The Morgan fingerprint density at radius 3 is 2.30 bits per heavy atom. The summed E-state index contributed by atoms with van der Waals surface area (Å²) >= 11 is 0. The molecule has 4 rings (SSSR count). The minimum absolute atomic E-state index is 0.269. The Labute approximate surface area is 163 Å². The molecule has 0 aromatic rings. The second kappa shape index (κ2) is 9.77. The molecule has 0 aromatic carbocycles. The lowest BCUT2D eigenvalue weighted by Gasteiger charge is -2.38.